The highest BCUT2D eigenvalue weighted by Gasteiger charge is 2.20. The van der Waals surface area contributed by atoms with Gasteiger partial charge in [-0.25, -0.2) is 19.9 Å². The Morgan fingerprint density at radius 3 is 1.56 bits per heavy atom. The Morgan fingerprint density at radius 2 is 0.864 bits per heavy atom. The minimum atomic E-state index is 0.603. The molecule has 0 saturated heterocycles. The fraction of sp³-hybridized carbons (Fsp3) is 0. The van der Waals surface area contributed by atoms with Gasteiger partial charge >= 0.3 is 0 Å². The Labute approximate surface area is 339 Å². The van der Waals surface area contributed by atoms with Gasteiger partial charge in [0.1, 0.15) is 0 Å². The van der Waals surface area contributed by atoms with Crippen molar-refractivity contribution in [1.82, 2.24) is 24.5 Å². The van der Waals surface area contributed by atoms with Crippen molar-refractivity contribution in [2.75, 3.05) is 0 Å². The molecule has 0 aliphatic rings. The molecule has 0 bridgehead atoms. The predicted octanol–water partition coefficient (Wildman–Crippen LogP) is 13.6. The molecule has 0 unspecified atom stereocenters. The predicted molar refractivity (Wildman–Crippen MR) is 244 cm³/mol. The van der Waals surface area contributed by atoms with Crippen LogP contribution in [-0.2, 0) is 0 Å². The molecule has 0 spiro atoms. The molecule has 0 aliphatic heterocycles. The van der Waals surface area contributed by atoms with Crippen molar-refractivity contribution < 1.29 is 0 Å². The van der Waals surface area contributed by atoms with Crippen LogP contribution in [0.15, 0.2) is 200 Å². The van der Waals surface area contributed by atoms with E-state index in [1.165, 1.54) is 32.4 Å². The molecule has 0 atom stereocenters. The van der Waals surface area contributed by atoms with Crippen LogP contribution in [0.5, 0.6) is 0 Å². The summed E-state index contributed by atoms with van der Waals surface area (Å²) >= 11 is 0. The number of fused-ring (bicyclic) bond motifs is 9. The van der Waals surface area contributed by atoms with E-state index in [2.05, 4.69) is 205 Å². The van der Waals surface area contributed by atoms with E-state index in [1.54, 1.807) is 0 Å². The molecule has 0 N–H and O–H groups in total. The smallest absolute Gasteiger partial charge is 0.164 e. The molecule has 12 aromatic rings. The summed E-state index contributed by atoms with van der Waals surface area (Å²) in [4.78, 5) is 20.9. The lowest BCUT2D eigenvalue weighted by molar-refractivity contribution is 1.08. The quantitative estimate of drug-likeness (QED) is 0.164. The monoisotopic (exact) mass is 751 g/mol. The molecular weight excluding hydrogens is 719 g/mol. The normalized spacial score (nSPS) is 11.7. The third-order valence-electron chi connectivity index (χ3n) is 11.6. The number of rotatable bonds is 5. The van der Waals surface area contributed by atoms with Gasteiger partial charge in [-0.05, 0) is 70.1 Å². The van der Waals surface area contributed by atoms with E-state index in [1.807, 2.05) is 0 Å². The Bertz CT molecular complexity index is 3530. The Hall–Kier alpha value is -8.02. The zero-order valence-electron chi connectivity index (χ0n) is 31.8. The first-order valence-electron chi connectivity index (χ1n) is 19.9. The fourth-order valence-electron chi connectivity index (χ4n) is 8.80. The van der Waals surface area contributed by atoms with E-state index in [0.717, 1.165) is 66.2 Å². The van der Waals surface area contributed by atoms with Crippen molar-refractivity contribution in [3.63, 3.8) is 0 Å². The van der Waals surface area contributed by atoms with Gasteiger partial charge in [0, 0.05) is 54.9 Å². The first-order chi connectivity index (χ1) is 29.2. The van der Waals surface area contributed by atoms with E-state index < -0.39 is 0 Å². The highest BCUT2D eigenvalue weighted by atomic mass is 15.0. The highest BCUT2D eigenvalue weighted by molar-refractivity contribution is 6.29. The molecule has 59 heavy (non-hydrogen) atoms. The van der Waals surface area contributed by atoms with Crippen LogP contribution in [0.3, 0.4) is 0 Å². The summed E-state index contributed by atoms with van der Waals surface area (Å²) in [5.41, 5.74) is 9.08. The molecule has 0 saturated carbocycles. The van der Waals surface area contributed by atoms with Gasteiger partial charge < -0.3 is 4.57 Å². The topological polar surface area (TPSA) is 56.5 Å². The maximum Gasteiger partial charge on any atom is 0.164 e. The third-order valence-corrected chi connectivity index (χ3v) is 11.6. The lowest BCUT2D eigenvalue weighted by Crippen LogP contribution is -2.00. The Morgan fingerprint density at radius 1 is 0.305 bits per heavy atom. The molecule has 12 rings (SSSR count). The summed E-state index contributed by atoms with van der Waals surface area (Å²) in [7, 11) is 0. The van der Waals surface area contributed by atoms with Crippen LogP contribution in [0.25, 0.3) is 116 Å². The van der Waals surface area contributed by atoms with Gasteiger partial charge in [-0.1, -0.05) is 152 Å². The van der Waals surface area contributed by atoms with Crippen molar-refractivity contribution in [2.24, 2.45) is 0 Å². The zero-order chi connectivity index (χ0) is 38.9. The first-order valence-corrected chi connectivity index (χ1v) is 19.9. The van der Waals surface area contributed by atoms with Gasteiger partial charge in [0.15, 0.2) is 17.5 Å². The minimum Gasteiger partial charge on any atom is -0.309 e. The van der Waals surface area contributed by atoms with E-state index >= 15 is 0 Å². The van der Waals surface area contributed by atoms with E-state index in [4.69, 9.17) is 19.9 Å². The molecule has 0 amide bonds. The van der Waals surface area contributed by atoms with E-state index in [0.29, 0.717) is 17.5 Å². The van der Waals surface area contributed by atoms with Crippen LogP contribution in [-0.4, -0.2) is 24.5 Å². The van der Waals surface area contributed by atoms with Gasteiger partial charge in [0.2, 0.25) is 0 Å². The van der Waals surface area contributed by atoms with Crippen LogP contribution in [0.1, 0.15) is 0 Å². The summed E-state index contributed by atoms with van der Waals surface area (Å²) < 4.78 is 2.38. The van der Waals surface area contributed by atoms with Gasteiger partial charge in [0.05, 0.1) is 22.2 Å². The van der Waals surface area contributed by atoms with Crippen molar-refractivity contribution in [1.29, 1.82) is 0 Å². The molecule has 3 heterocycles. The average molecular weight is 752 g/mol. The number of aromatic nitrogens is 5. The molecule has 0 radical (unpaired) electrons. The van der Waals surface area contributed by atoms with Crippen LogP contribution in [0, 0.1) is 0 Å². The second kappa shape index (κ2) is 13.3. The summed E-state index contributed by atoms with van der Waals surface area (Å²) in [5.74, 6) is 1.85. The second-order valence-electron chi connectivity index (χ2n) is 15.1. The largest absolute Gasteiger partial charge is 0.309 e. The maximum absolute atomic E-state index is 5.39. The second-order valence-corrected chi connectivity index (χ2v) is 15.1. The van der Waals surface area contributed by atoms with Gasteiger partial charge in [-0.2, -0.15) is 0 Å². The number of hydrogen-bond donors (Lipinski definition) is 0. The molecule has 274 valence electrons. The Kier molecular flexibility index (Phi) is 7.47. The Balaban J connectivity index is 1.08. The van der Waals surface area contributed by atoms with Gasteiger partial charge in [-0.15, -0.1) is 0 Å². The van der Waals surface area contributed by atoms with Crippen molar-refractivity contribution in [3.05, 3.63) is 200 Å². The zero-order valence-corrected chi connectivity index (χ0v) is 31.8. The minimum absolute atomic E-state index is 0.603. The van der Waals surface area contributed by atoms with Crippen molar-refractivity contribution in [3.8, 4) is 51.1 Å². The molecule has 3 aromatic heterocycles. The molecule has 0 fully saturated rings. The van der Waals surface area contributed by atoms with Crippen LogP contribution >= 0.6 is 0 Å². The SMILES string of the molecule is c1ccc(-n2c3ccccc3c3c4c(ccc32)c(-c2cccc(-c3nc(-c5ccc6ccccc6c5)nc(-c5ccc6ccccc6c5)n3)c2)nc2ccccc24)cc1. The third kappa shape index (κ3) is 5.47. The number of pyridine rings is 1. The van der Waals surface area contributed by atoms with Gasteiger partial charge in [0.25, 0.3) is 0 Å². The standard InChI is InChI=1S/C54H33N5/c1-2-19-42(20-3-1)59-47-24-11-9-22-44(47)50-48(59)30-29-45-49(50)43-21-8-10-23-46(43)55-51(45)38-17-12-18-39(33-38)52-56-53(40-27-25-34-13-4-6-15-36(34)31-40)58-54(57-52)41-28-26-35-14-5-7-16-37(35)32-41/h1-33H. The lowest BCUT2D eigenvalue weighted by atomic mass is 9.95. The summed E-state index contributed by atoms with van der Waals surface area (Å²) in [6.07, 6.45) is 0. The number of benzene rings is 9. The number of nitrogens with zero attached hydrogens (tertiary/aromatic N) is 5. The highest BCUT2D eigenvalue weighted by Crippen LogP contribution is 2.42. The van der Waals surface area contributed by atoms with Crippen LogP contribution < -0.4 is 0 Å². The van der Waals surface area contributed by atoms with Crippen molar-refractivity contribution in [2.45, 2.75) is 0 Å². The number of hydrogen-bond acceptors (Lipinski definition) is 4. The summed E-state index contributed by atoms with van der Waals surface area (Å²) in [5, 5.41) is 10.4. The first kappa shape index (κ1) is 33.2. The average Bonchev–Trinajstić information content (AvgIpc) is 3.65. The lowest BCUT2D eigenvalue weighted by Gasteiger charge is -2.14. The van der Waals surface area contributed by atoms with E-state index in [-0.39, 0.29) is 0 Å². The van der Waals surface area contributed by atoms with E-state index in [9.17, 15) is 0 Å². The maximum atomic E-state index is 5.39. The van der Waals surface area contributed by atoms with Crippen molar-refractivity contribution >= 4 is 65.0 Å². The van der Waals surface area contributed by atoms with Crippen LogP contribution in [0.4, 0.5) is 0 Å². The van der Waals surface area contributed by atoms with Gasteiger partial charge in [-0.3, -0.25) is 0 Å². The molecule has 9 aromatic carbocycles. The molecule has 5 heteroatoms. The summed E-state index contributed by atoms with van der Waals surface area (Å²) in [6.45, 7) is 0. The molecule has 0 aliphatic carbocycles. The molecule has 5 nitrogen and oxygen atoms in total. The molecular formula is C54H33N5. The fourth-order valence-corrected chi connectivity index (χ4v) is 8.80. The van der Waals surface area contributed by atoms with Crippen LogP contribution in [0.2, 0.25) is 0 Å². The summed E-state index contributed by atoms with van der Waals surface area (Å²) in [6, 6.07) is 70.4. The number of para-hydroxylation sites is 3.